The van der Waals surface area contributed by atoms with Crippen molar-refractivity contribution >= 4 is 33.6 Å². The Balaban J connectivity index is 2.66. The van der Waals surface area contributed by atoms with Gasteiger partial charge in [0.1, 0.15) is 11.3 Å². The number of amides is 1. The first-order valence-corrected chi connectivity index (χ1v) is 7.07. The van der Waals surface area contributed by atoms with Crippen molar-refractivity contribution in [2.24, 2.45) is 4.99 Å². The van der Waals surface area contributed by atoms with Gasteiger partial charge in [-0.3, -0.25) is 4.79 Å². The van der Waals surface area contributed by atoms with Gasteiger partial charge >= 0.3 is 0 Å². The molecule has 106 valence electrons. The van der Waals surface area contributed by atoms with E-state index in [-0.39, 0.29) is 5.91 Å². The van der Waals surface area contributed by atoms with Crippen LogP contribution in [-0.2, 0) is 15.1 Å². The number of methoxy groups -OCH3 is 1. The minimum Gasteiger partial charge on any atom is -0.495 e. The van der Waals surface area contributed by atoms with Gasteiger partial charge in [0, 0.05) is 17.0 Å². The summed E-state index contributed by atoms with van der Waals surface area (Å²) in [6, 6.07) is 3.59. The van der Waals surface area contributed by atoms with Gasteiger partial charge in [-0.2, -0.15) is 4.99 Å². The van der Waals surface area contributed by atoms with Crippen molar-refractivity contribution in [2.75, 3.05) is 12.4 Å². The summed E-state index contributed by atoms with van der Waals surface area (Å²) in [5, 5.41) is 2.78. The van der Waals surface area contributed by atoms with E-state index in [0.29, 0.717) is 11.4 Å². The normalized spacial score (nSPS) is 15.8. The zero-order chi connectivity index (χ0) is 14.8. The fourth-order valence-electron chi connectivity index (χ4n) is 2.50. The SMILES string of the molecule is COc1ccc(Br)c(C2(N=C=O)CCC2)c1NC(C)=O. The number of benzene rings is 1. The zero-order valence-corrected chi connectivity index (χ0v) is 12.9. The number of anilines is 1. The number of aliphatic imine (C=N–C) groups is 1. The summed E-state index contributed by atoms with van der Waals surface area (Å²) in [5.41, 5.74) is 0.724. The lowest BCUT2D eigenvalue weighted by atomic mass is 9.71. The van der Waals surface area contributed by atoms with Crippen LogP contribution in [0.15, 0.2) is 21.6 Å². The molecule has 0 bridgehead atoms. The maximum absolute atomic E-state index is 11.4. The Kier molecular flexibility index (Phi) is 4.26. The summed E-state index contributed by atoms with van der Waals surface area (Å²) >= 11 is 3.48. The second-order valence-electron chi connectivity index (χ2n) is 4.77. The molecule has 0 heterocycles. The molecule has 0 aromatic heterocycles. The standard InChI is InChI=1S/C14H15BrN2O3/c1-9(19)17-13-11(20-2)5-4-10(15)12(13)14(16-8-18)6-3-7-14/h4-5H,3,6-7H2,1-2H3,(H,17,19). The summed E-state index contributed by atoms with van der Waals surface area (Å²) in [4.78, 5) is 26.2. The molecule has 0 aliphatic heterocycles. The number of nitrogens with one attached hydrogen (secondary N) is 1. The summed E-state index contributed by atoms with van der Waals surface area (Å²) in [7, 11) is 1.54. The molecule has 0 unspecified atom stereocenters. The average molecular weight is 339 g/mol. The molecule has 1 aromatic rings. The molecule has 1 amide bonds. The number of isocyanates is 1. The Labute approximate surface area is 125 Å². The molecule has 0 atom stereocenters. The lowest BCUT2D eigenvalue weighted by molar-refractivity contribution is -0.114. The van der Waals surface area contributed by atoms with Gasteiger partial charge in [-0.1, -0.05) is 15.9 Å². The highest BCUT2D eigenvalue weighted by molar-refractivity contribution is 9.10. The predicted octanol–water partition coefficient (Wildman–Crippen LogP) is 3.13. The molecular weight excluding hydrogens is 324 g/mol. The number of hydrogen-bond acceptors (Lipinski definition) is 4. The van der Waals surface area contributed by atoms with Gasteiger partial charge in [0.2, 0.25) is 12.0 Å². The molecule has 1 N–H and O–H groups in total. The smallest absolute Gasteiger partial charge is 0.235 e. The van der Waals surface area contributed by atoms with Gasteiger partial charge in [0.25, 0.3) is 0 Å². The third-order valence-electron chi connectivity index (χ3n) is 3.54. The van der Waals surface area contributed by atoms with E-state index in [1.54, 1.807) is 12.1 Å². The van der Waals surface area contributed by atoms with Crippen molar-refractivity contribution in [2.45, 2.75) is 31.7 Å². The van der Waals surface area contributed by atoms with Gasteiger partial charge in [-0.25, -0.2) is 4.79 Å². The maximum Gasteiger partial charge on any atom is 0.235 e. The van der Waals surface area contributed by atoms with Crippen molar-refractivity contribution in [1.82, 2.24) is 0 Å². The van der Waals surface area contributed by atoms with Gasteiger partial charge in [-0.15, -0.1) is 0 Å². The van der Waals surface area contributed by atoms with E-state index in [9.17, 15) is 9.59 Å². The van der Waals surface area contributed by atoms with E-state index in [0.717, 1.165) is 29.3 Å². The van der Waals surface area contributed by atoms with E-state index < -0.39 is 5.54 Å². The summed E-state index contributed by atoms with van der Waals surface area (Å²) < 4.78 is 6.10. The van der Waals surface area contributed by atoms with Crippen LogP contribution in [0, 0.1) is 0 Å². The van der Waals surface area contributed by atoms with Crippen LogP contribution in [0.4, 0.5) is 5.69 Å². The van der Waals surface area contributed by atoms with E-state index in [1.165, 1.54) is 14.0 Å². The molecule has 1 fully saturated rings. The first-order chi connectivity index (χ1) is 9.54. The van der Waals surface area contributed by atoms with E-state index >= 15 is 0 Å². The van der Waals surface area contributed by atoms with Crippen molar-refractivity contribution < 1.29 is 14.3 Å². The van der Waals surface area contributed by atoms with Gasteiger partial charge in [0.15, 0.2) is 0 Å². The number of hydrogen-bond donors (Lipinski definition) is 1. The van der Waals surface area contributed by atoms with Crippen molar-refractivity contribution in [3.63, 3.8) is 0 Å². The van der Waals surface area contributed by atoms with Gasteiger partial charge in [-0.05, 0) is 31.4 Å². The monoisotopic (exact) mass is 338 g/mol. The quantitative estimate of drug-likeness (QED) is 0.677. The fourth-order valence-corrected chi connectivity index (χ4v) is 3.20. The first-order valence-electron chi connectivity index (χ1n) is 6.27. The number of carbonyl (C=O) groups is 1. The molecule has 0 spiro atoms. The number of ether oxygens (including phenoxy) is 1. The molecule has 20 heavy (non-hydrogen) atoms. The van der Waals surface area contributed by atoms with Crippen molar-refractivity contribution in [3.05, 3.63) is 22.2 Å². The number of rotatable bonds is 4. The van der Waals surface area contributed by atoms with Crippen LogP contribution in [0.1, 0.15) is 31.7 Å². The zero-order valence-electron chi connectivity index (χ0n) is 11.3. The second-order valence-corrected chi connectivity index (χ2v) is 5.62. The minimum atomic E-state index is -0.618. The number of nitrogens with zero attached hydrogens (tertiary/aromatic N) is 1. The molecule has 1 aliphatic carbocycles. The Bertz CT molecular complexity index is 590. The largest absolute Gasteiger partial charge is 0.495 e. The van der Waals surface area contributed by atoms with Gasteiger partial charge in [0.05, 0.1) is 12.8 Å². The summed E-state index contributed by atoms with van der Waals surface area (Å²) in [6.07, 6.45) is 4.14. The highest BCUT2D eigenvalue weighted by atomic mass is 79.9. The van der Waals surface area contributed by atoms with Crippen LogP contribution in [-0.4, -0.2) is 19.1 Å². The van der Waals surface area contributed by atoms with Crippen LogP contribution in [0.5, 0.6) is 5.75 Å². The van der Waals surface area contributed by atoms with E-state index in [2.05, 4.69) is 26.2 Å². The Morgan fingerprint density at radius 2 is 2.20 bits per heavy atom. The van der Waals surface area contributed by atoms with Crippen molar-refractivity contribution in [3.8, 4) is 5.75 Å². The molecule has 1 saturated carbocycles. The Hall–Kier alpha value is -1.65. The molecule has 1 aromatic carbocycles. The molecule has 1 aliphatic rings. The molecular formula is C14H15BrN2O3. The third kappa shape index (κ3) is 2.49. The van der Waals surface area contributed by atoms with Crippen LogP contribution >= 0.6 is 15.9 Å². The Morgan fingerprint density at radius 1 is 1.50 bits per heavy atom. The highest BCUT2D eigenvalue weighted by Crippen LogP contribution is 2.52. The van der Waals surface area contributed by atoms with Crippen LogP contribution in [0.25, 0.3) is 0 Å². The summed E-state index contributed by atoms with van der Waals surface area (Å²) in [5.74, 6) is 0.345. The third-order valence-corrected chi connectivity index (χ3v) is 4.20. The molecule has 0 saturated heterocycles. The topological polar surface area (TPSA) is 67.8 Å². The Morgan fingerprint density at radius 3 is 2.65 bits per heavy atom. The fraction of sp³-hybridized carbons (Fsp3) is 0.429. The lowest BCUT2D eigenvalue weighted by Gasteiger charge is -2.39. The minimum absolute atomic E-state index is 0.202. The summed E-state index contributed by atoms with van der Waals surface area (Å²) in [6.45, 7) is 1.43. The van der Waals surface area contributed by atoms with E-state index in [1.807, 2.05) is 6.07 Å². The second kappa shape index (κ2) is 5.77. The van der Waals surface area contributed by atoms with Crippen LogP contribution < -0.4 is 10.1 Å². The van der Waals surface area contributed by atoms with Crippen LogP contribution in [0.3, 0.4) is 0 Å². The van der Waals surface area contributed by atoms with E-state index in [4.69, 9.17) is 4.74 Å². The molecule has 5 nitrogen and oxygen atoms in total. The maximum atomic E-state index is 11.4. The van der Waals surface area contributed by atoms with Gasteiger partial charge < -0.3 is 10.1 Å². The number of carbonyl (C=O) groups excluding carboxylic acids is 2. The van der Waals surface area contributed by atoms with Crippen molar-refractivity contribution in [1.29, 1.82) is 0 Å². The predicted molar refractivity (Wildman–Crippen MR) is 78.6 cm³/mol. The highest BCUT2D eigenvalue weighted by Gasteiger charge is 2.43. The molecule has 6 heteroatoms. The average Bonchev–Trinajstić information content (AvgIpc) is 2.35. The lowest BCUT2D eigenvalue weighted by Crippen LogP contribution is -2.33. The first kappa shape index (κ1) is 14.8. The van der Waals surface area contributed by atoms with Crippen LogP contribution in [0.2, 0.25) is 0 Å². The molecule has 2 rings (SSSR count). The number of halogens is 1. The molecule has 0 radical (unpaired) electrons.